The monoisotopic (exact) mass is 288 g/mol. The summed E-state index contributed by atoms with van der Waals surface area (Å²) in [4.78, 5) is 27.4. The minimum Gasteiger partial charge on any atom is -0.475 e. The number of imidazole rings is 1. The van der Waals surface area contributed by atoms with E-state index < -0.39 is 5.97 Å². The van der Waals surface area contributed by atoms with Crippen molar-refractivity contribution in [3.8, 4) is 0 Å². The lowest BCUT2D eigenvalue weighted by Crippen LogP contribution is -2.09. The van der Waals surface area contributed by atoms with E-state index in [-0.39, 0.29) is 11.6 Å². The van der Waals surface area contributed by atoms with Crippen molar-refractivity contribution in [3.63, 3.8) is 0 Å². The van der Waals surface area contributed by atoms with Crippen LogP contribution >= 0.6 is 0 Å². The molecule has 0 saturated heterocycles. The smallest absolute Gasteiger partial charge is 0.372 e. The first kappa shape index (κ1) is 15.2. The Kier molecular flexibility index (Phi) is 4.73. The number of carboxylic acid groups (broad SMARTS) is 1. The predicted molar refractivity (Wildman–Crippen MR) is 80.8 cm³/mol. The highest BCUT2D eigenvalue weighted by Gasteiger charge is 2.17. The second kappa shape index (κ2) is 6.52. The highest BCUT2D eigenvalue weighted by atomic mass is 16.4. The van der Waals surface area contributed by atoms with Crippen LogP contribution in [0.3, 0.4) is 0 Å². The van der Waals surface area contributed by atoms with Crippen LogP contribution in [-0.4, -0.2) is 26.4 Å². The maximum Gasteiger partial charge on any atom is 0.372 e. The zero-order chi connectivity index (χ0) is 15.4. The summed E-state index contributed by atoms with van der Waals surface area (Å²) in [7, 11) is 0. The summed E-state index contributed by atoms with van der Waals surface area (Å²) in [5, 5.41) is 9.28. The summed E-state index contributed by atoms with van der Waals surface area (Å²) < 4.78 is 1.72. The fourth-order valence-electron chi connectivity index (χ4n) is 2.38. The summed E-state index contributed by atoms with van der Waals surface area (Å²) >= 11 is 0. The van der Waals surface area contributed by atoms with E-state index >= 15 is 0 Å². The first-order chi connectivity index (χ1) is 10.1. The van der Waals surface area contributed by atoms with Gasteiger partial charge in [-0.25, -0.2) is 9.78 Å². The molecule has 1 N–H and O–H groups in total. The number of hydrogen-bond donors (Lipinski definition) is 1. The van der Waals surface area contributed by atoms with Crippen LogP contribution in [-0.2, 0) is 6.54 Å². The van der Waals surface area contributed by atoms with E-state index in [0.29, 0.717) is 24.0 Å². The third kappa shape index (κ3) is 3.12. The number of nitrogens with zero attached hydrogens (tertiary/aromatic N) is 2. The number of carbonyl (C=O) groups is 2. The predicted octanol–water partition coefficient (Wildman–Crippen LogP) is 3.52. The molecule has 0 fully saturated rings. The number of Topliss-reactive ketones (excluding diaryl/α,β-unsaturated/α-hetero) is 1. The van der Waals surface area contributed by atoms with Gasteiger partial charge in [-0.3, -0.25) is 4.79 Å². The van der Waals surface area contributed by atoms with Gasteiger partial charge in [0.1, 0.15) is 0 Å². The number of aromatic nitrogens is 2. The number of aryl methyl sites for hydroxylation is 1. The van der Waals surface area contributed by atoms with E-state index in [1.165, 1.54) is 0 Å². The van der Waals surface area contributed by atoms with Crippen LogP contribution in [0.1, 0.15) is 60.5 Å². The van der Waals surface area contributed by atoms with Gasteiger partial charge >= 0.3 is 5.97 Å². The molecule has 0 radical (unpaired) electrons. The first-order valence-electron chi connectivity index (χ1n) is 7.35. The number of ketones is 1. The third-order valence-electron chi connectivity index (χ3n) is 3.47. The molecule has 0 spiro atoms. The Balaban J connectivity index is 2.49. The minimum absolute atomic E-state index is 0.0403. The first-order valence-corrected chi connectivity index (χ1v) is 7.35. The molecule has 5 heteroatoms. The summed E-state index contributed by atoms with van der Waals surface area (Å²) in [5.41, 5.74) is 1.95. The van der Waals surface area contributed by atoms with Crippen molar-refractivity contribution >= 4 is 22.8 Å². The number of aromatic carboxylic acids is 1. The van der Waals surface area contributed by atoms with E-state index in [0.717, 1.165) is 24.8 Å². The zero-order valence-electron chi connectivity index (χ0n) is 12.4. The van der Waals surface area contributed by atoms with Crippen molar-refractivity contribution < 1.29 is 14.7 Å². The number of carboxylic acids is 1. The maximum atomic E-state index is 11.9. The molecule has 0 aliphatic rings. The third-order valence-corrected chi connectivity index (χ3v) is 3.47. The molecule has 0 unspecified atom stereocenters. The van der Waals surface area contributed by atoms with Gasteiger partial charge in [0.15, 0.2) is 5.78 Å². The van der Waals surface area contributed by atoms with Gasteiger partial charge in [-0.15, -0.1) is 0 Å². The molecular formula is C16H20N2O3. The molecule has 1 heterocycles. The Morgan fingerprint density at radius 1 is 1.24 bits per heavy atom. The van der Waals surface area contributed by atoms with Crippen molar-refractivity contribution in [1.82, 2.24) is 9.55 Å². The standard InChI is InChI=1S/C16H20N2O3/c1-3-5-9-18-13-8-7-11(14(19)6-4-2)10-12(13)17-15(18)16(20)21/h7-8,10H,3-6,9H2,1-2H3,(H,20,21). The molecule has 21 heavy (non-hydrogen) atoms. The second-order valence-corrected chi connectivity index (χ2v) is 5.12. The van der Waals surface area contributed by atoms with Crippen molar-refractivity contribution in [2.45, 2.75) is 46.1 Å². The molecule has 0 atom stereocenters. The molecule has 0 aliphatic carbocycles. The van der Waals surface area contributed by atoms with Gasteiger partial charge in [0.05, 0.1) is 11.0 Å². The lowest BCUT2D eigenvalue weighted by atomic mass is 10.1. The van der Waals surface area contributed by atoms with Gasteiger partial charge < -0.3 is 9.67 Å². The summed E-state index contributed by atoms with van der Waals surface area (Å²) in [6.07, 6.45) is 3.16. The van der Waals surface area contributed by atoms with Gasteiger partial charge in [-0.05, 0) is 31.0 Å². The van der Waals surface area contributed by atoms with Crippen LogP contribution < -0.4 is 0 Å². The number of carbonyl (C=O) groups excluding carboxylic acids is 1. The number of hydrogen-bond acceptors (Lipinski definition) is 3. The highest BCUT2D eigenvalue weighted by Crippen LogP contribution is 2.20. The fraction of sp³-hybridized carbons (Fsp3) is 0.438. The van der Waals surface area contributed by atoms with E-state index in [1.807, 2.05) is 6.92 Å². The quantitative estimate of drug-likeness (QED) is 0.791. The molecule has 112 valence electrons. The van der Waals surface area contributed by atoms with E-state index in [2.05, 4.69) is 11.9 Å². The molecule has 2 rings (SSSR count). The number of benzene rings is 1. The summed E-state index contributed by atoms with van der Waals surface area (Å²) in [6, 6.07) is 5.26. The number of rotatable bonds is 7. The van der Waals surface area contributed by atoms with Crippen LogP contribution in [0.25, 0.3) is 11.0 Å². The van der Waals surface area contributed by atoms with Crippen molar-refractivity contribution in [2.75, 3.05) is 0 Å². The van der Waals surface area contributed by atoms with Gasteiger partial charge in [0.2, 0.25) is 5.82 Å². The van der Waals surface area contributed by atoms with Crippen LogP contribution in [0.5, 0.6) is 0 Å². The summed E-state index contributed by atoms with van der Waals surface area (Å²) in [6.45, 7) is 4.64. The molecule has 1 aromatic heterocycles. The molecule has 5 nitrogen and oxygen atoms in total. The molecule has 0 bridgehead atoms. The average Bonchev–Trinajstić information content (AvgIpc) is 2.83. The molecule has 2 aromatic rings. The van der Waals surface area contributed by atoms with Gasteiger partial charge in [0, 0.05) is 18.5 Å². The van der Waals surface area contributed by atoms with Gasteiger partial charge in [-0.1, -0.05) is 20.3 Å². The normalized spacial score (nSPS) is 11.0. The minimum atomic E-state index is -1.04. The van der Waals surface area contributed by atoms with Crippen LogP contribution in [0.4, 0.5) is 0 Å². The molecular weight excluding hydrogens is 268 g/mol. The second-order valence-electron chi connectivity index (χ2n) is 5.12. The SMILES string of the molecule is CCCCn1c(C(=O)O)nc2cc(C(=O)CCC)ccc21. The highest BCUT2D eigenvalue weighted by molar-refractivity contribution is 5.99. The van der Waals surface area contributed by atoms with Crippen LogP contribution in [0, 0.1) is 0 Å². The molecule has 0 aliphatic heterocycles. The maximum absolute atomic E-state index is 11.9. The lowest BCUT2D eigenvalue weighted by Gasteiger charge is -2.06. The zero-order valence-corrected chi connectivity index (χ0v) is 12.4. The van der Waals surface area contributed by atoms with Gasteiger partial charge in [-0.2, -0.15) is 0 Å². The Labute approximate surface area is 123 Å². The van der Waals surface area contributed by atoms with E-state index in [4.69, 9.17) is 0 Å². The topological polar surface area (TPSA) is 72.2 Å². The largest absolute Gasteiger partial charge is 0.475 e. The fourth-order valence-corrected chi connectivity index (χ4v) is 2.38. The van der Waals surface area contributed by atoms with Crippen LogP contribution in [0.2, 0.25) is 0 Å². The van der Waals surface area contributed by atoms with Gasteiger partial charge in [0.25, 0.3) is 0 Å². The van der Waals surface area contributed by atoms with E-state index in [9.17, 15) is 14.7 Å². The van der Waals surface area contributed by atoms with Crippen molar-refractivity contribution in [1.29, 1.82) is 0 Å². The number of unbranched alkanes of at least 4 members (excludes halogenated alkanes) is 1. The Bertz CT molecular complexity index is 673. The Morgan fingerprint density at radius 3 is 2.62 bits per heavy atom. The van der Waals surface area contributed by atoms with E-state index in [1.54, 1.807) is 22.8 Å². The Morgan fingerprint density at radius 2 is 2.00 bits per heavy atom. The van der Waals surface area contributed by atoms with Crippen molar-refractivity contribution in [3.05, 3.63) is 29.6 Å². The molecule has 0 amide bonds. The summed E-state index contributed by atoms with van der Waals surface area (Å²) in [5.74, 6) is -0.929. The van der Waals surface area contributed by atoms with Crippen LogP contribution in [0.15, 0.2) is 18.2 Å². The Hall–Kier alpha value is -2.17. The molecule has 0 saturated carbocycles. The molecule has 1 aromatic carbocycles. The van der Waals surface area contributed by atoms with Crippen molar-refractivity contribution in [2.24, 2.45) is 0 Å². The number of fused-ring (bicyclic) bond motifs is 1. The lowest BCUT2D eigenvalue weighted by molar-refractivity contribution is 0.0678. The average molecular weight is 288 g/mol.